The number of aryl methyl sites for hydroxylation is 1. The van der Waals surface area contributed by atoms with Crippen molar-refractivity contribution in [2.75, 3.05) is 19.8 Å². The Balaban J connectivity index is 2.11. The van der Waals surface area contributed by atoms with E-state index < -0.39 is 16.1 Å². The summed E-state index contributed by atoms with van der Waals surface area (Å²) in [5.74, 6) is 0. The van der Waals surface area contributed by atoms with Crippen LogP contribution in [-0.2, 0) is 14.8 Å². The monoisotopic (exact) mass is 336 g/mol. The van der Waals surface area contributed by atoms with Gasteiger partial charge in [0.05, 0.1) is 29.7 Å². The molecular formula is C16H20N2O4S. The first-order chi connectivity index (χ1) is 10.9. The van der Waals surface area contributed by atoms with Crippen molar-refractivity contribution in [2.24, 2.45) is 0 Å². The van der Waals surface area contributed by atoms with E-state index in [1.54, 1.807) is 37.4 Å². The van der Waals surface area contributed by atoms with Crippen molar-refractivity contribution in [3.05, 3.63) is 36.0 Å². The van der Waals surface area contributed by atoms with Gasteiger partial charge in [-0.05, 0) is 37.6 Å². The second-order valence-electron chi connectivity index (χ2n) is 5.84. The maximum Gasteiger partial charge on any atom is 0.244 e. The summed E-state index contributed by atoms with van der Waals surface area (Å²) in [5.41, 5.74) is 1.62. The van der Waals surface area contributed by atoms with Gasteiger partial charge in [0.15, 0.2) is 0 Å². The molecule has 1 aliphatic heterocycles. The summed E-state index contributed by atoms with van der Waals surface area (Å²) in [5, 5.41) is 9.90. The first-order valence-corrected chi connectivity index (χ1v) is 8.98. The number of hydrogen-bond donors (Lipinski definition) is 1. The zero-order chi connectivity index (χ0) is 16.6. The van der Waals surface area contributed by atoms with Gasteiger partial charge in [0, 0.05) is 24.2 Å². The normalized spacial score (nSPS) is 23.3. The summed E-state index contributed by atoms with van der Waals surface area (Å²) in [6, 6.07) is 6.63. The van der Waals surface area contributed by atoms with Crippen molar-refractivity contribution in [1.82, 2.24) is 9.29 Å². The highest BCUT2D eigenvalue weighted by molar-refractivity contribution is 7.89. The molecule has 23 heavy (non-hydrogen) atoms. The average molecular weight is 336 g/mol. The van der Waals surface area contributed by atoms with Crippen molar-refractivity contribution in [1.29, 1.82) is 0 Å². The molecular weight excluding hydrogens is 316 g/mol. The lowest BCUT2D eigenvalue weighted by Crippen LogP contribution is -2.51. The van der Waals surface area contributed by atoms with Crippen molar-refractivity contribution >= 4 is 20.9 Å². The van der Waals surface area contributed by atoms with E-state index in [2.05, 4.69) is 4.98 Å². The van der Waals surface area contributed by atoms with Crippen LogP contribution in [0.3, 0.4) is 0 Å². The maximum atomic E-state index is 13.1. The molecule has 0 bridgehead atoms. The van der Waals surface area contributed by atoms with Crippen LogP contribution in [0.15, 0.2) is 35.4 Å². The van der Waals surface area contributed by atoms with Gasteiger partial charge in [-0.1, -0.05) is 6.07 Å². The Morgan fingerprint density at radius 3 is 2.91 bits per heavy atom. The van der Waals surface area contributed by atoms with E-state index >= 15 is 0 Å². The molecule has 0 aliphatic carbocycles. The van der Waals surface area contributed by atoms with Gasteiger partial charge in [-0.2, -0.15) is 4.31 Å². The third-order valence-corrected chi connectivity index (χ3v) is 6.21. The molecule has 1 fully saturated rings. The highest BCUT2D eigenvalue weighted by Gasteiger charge is 2.36. The molecule has 7 heteroatoms. The molecule has 1 N–H and O–H groups in total. The molecule has 6 nitrogen and oxygen atoms in total. The molecule has 2 unspecified atom stereocenters. The molecule has 1 aromatic carbocycles. The highest BCUT2D eigenvalue weighted by atomic mass is 32.2. The second kappa shape index (κ2) is 6.16. The van der Waals surface area contributed by atoms with Gasteiger partial charge in [-0.25, -0.2) is 8.42 Å². The van der Waals surface area contributed by atoms with Crippen LogP contribution in [0.1, 0.15) is 12.5 Å². The van der Waals surface area contributed by atoms with Crippen LogP contribution in [0.5, 0.6) is 0 Å². The highest BCUT2D eigenvalue weighted by Crippen LogP contribution is 2.29. The molecule has 2 atom stereocenters. The number of benzene rings is 1. The largest absolute Gasteiger partial charge is 0.394 e. The first-order valence-electron chi connectivity index (χ1n) is 7.53. The first kappa shape index (κ1) is 16.3. The van der Waals surface area contributed by atoms with Crippen LogP contribution in [0.4, 0.5) is 0 Å². The van der Waals surface area contributed by atoms with Gasteiger partial charge in [0.2, 0.25) is 10.0 Å². The minimum atomic E-state index is -3.70. The number of hydrogen-bond acceptors (Lipinski definition) is 5. The summed E-state index contributed by atoms with van der Waals surface area (Å²) in [6.07, 6.45) is 1.17. The van der Waals surface area contributed by atoms with Gasteiger partial charge in [0.25, 0.3) is 0 Å². The lowest BCUT2D eigenvalue weighted by atomic mass is 10.1. The minimum Gasteiger partial charge on any atom is -0.394 e. The Bertz CT molecular complexity index is 822. The van der Waals surface area contributed by atoms with E-state index in [1.807, 2.05) is 6.92 Å². The molecule has 124 valence electrons. The van der Waals surface area contributed by atoms with Gasteiger partial charge >= 0.3 is 0 Å². The molecule has 2 aromatic rings. The maximum absolute atomic E-state index is 13.1. The molecule has 0 spiro atoms. The molecule has 0 amide bonds. The van der Waals surface area contributed by atoms with Crippen molar-refractivity contribution < 1.29 is 18.3 Å². The Kier molecular flexibility index (Phi) is 4.37. The number of aliphatic hydroxyl groups excluding tert-OH is 1. The number of nitrogens with zero attached hydrogens (tertiary/aromatic N) is 2. The van der Waals surface area contributed by atoms with E-state index in [-0.39, 0.29) is 30.7 Å². The standard InChI is InChI=1S/C16H20N2O4S/c1-11-5-6-15(14-4-3-7-17-16(11)14)23(20,21)18-8-13(9-19)22-10-12(18)2/h3-7,12-13,19H,8-10H2,1-2H3. The average Bonchev–Trinajstić information content (AvgIpc) is 2.55. The number of ether oxygens (including phenoxy) is 1. The van der Waals surface area contributed by atoms with E-state index in [0.29, 0.717) is 10.9 Å². The van der Waals surface area contributed by atoms with Gasteiger partial charge in [-0.15, -0.1) is 0 Å². The zero-order valence-electron chi connectivity index (χ0n) is 13.1. The van der Waals surface area contributed by atoms with Gasteiger partial charge in [-0.3, -0.25) is 4.98 Å². The molecule has 0 saturated carbocycles. The zero-order valence-corrected chi connectivity index (χ0v) is 14.0. The SMILES string of the molecule is Cc1ccc(S(=O)(=O)N2CC(CO)OCC2C)c2cccnc12. The Morgan fingerprint density at radius 2 is 2.17 bits per heavy atom. The van der Waals surface area contributed by atoms with E-state index in [0.717, 1.165) is 5.56 Å². The summed E-state index contributed by atoms with van der Waals surface area (Å²) < 4.78 is 33.1. The fourth-order valence-corrected chi connectivity index (χ4v) is 4.71. The number of morpholine rings is 1. The summed E-state index contributed by atoms with van der Waals surface area (Å²) in [7, 11) is -3.70. The third-order valence-electron chi connectivity index (χ3n) is 4.17. The van der Waals surface area contributed by atoms with Gasteiger partial charge in [0.1, 0.15) is 0 Å². The second-order valence-corrected chi connectivity index (χ2v) is 7.70. The van der Waals surface area contributed by atoms with Crippen LogP contribution in [0.25, 0.3) is 10.9 Å². The summed E-state index contributed by atoms with van der Waals surface area (Å²) in [6.45, 7) is 3.93. The van der Waals surface area contributed by atoms with E-state index in [9.17, 15) is 13.5 Å². The van der Waals surface area contributed by atoms with Crippen LogP contribution in [-0.4, -0.2) is 54.7 Å². The van der Waals surface area contributed by atoms with Crippen LogP contribution >= 0.6 is 0 Å². The predicted octanol–water partition coefficient (Wildman–Crippen LogP) is 1.31. The summed E-state index contributed by atoms with van der Waals surface area (Å²) >= 11 is 0. The van der Waals surface area contributed by atoms with Gasteiger partial charge < -0.3 is 9.84 Å². The number of aliphatic hydroxyl groups is 1. The van der Waals surface area contributed by atoms with Crippen molar-refractivity contribution in [3.63, 3.8) is 0 Å². The fourth-order valence-electron chi connectivity index (χ4n) is 2.88. The fraction of sp³-hybridized carbons (Fsp3) is 0.438. The number of rotatable bonds is 3. The minimum absolute atomic E-state index is 0.148. The van der Waals surface area contributed by atoms with E-state index in [4.69, 9.17) is 4.74 Å². The van der Waals surface area contributed by atoms with Crippen LogP contribution < -0.4 is 0 Å². The lowest BCUT2D eigenvalue weighted by molar-refractivity contribution is -0.0516. The molecule has 1 saturated heterocycles. The third kappa shape index (κ3) is 2.85. The number of aromatic nitrogens is 1. The summed E-state index contributed by atoms with van der Waals surface area (Å²) in [4.78, 5) is 4.55. The van der Waals surface area contributed by atoms with Crippen molar-refractivity contribution in [3.8, 4) is 0 Å². The van der Waals surface area contributed by atoms with Crippen LogP contribution in [0, 0.1) is 6.92 Å². The molecule has 3 rings (SSSR count). The molecule has 0 radical (unpaired) electrons. The topological polar surface area (TPSA) is 79.7 Å². The Labute approximate surface area is 135 Å². The molecule has 1 aliphatic rings. The quantitative estimate of drug-likeness (QED) is 0.914. The Morgan fingerprint density at radius 1 is 1.39 bits per heavy atom. The Hall–Kier alpha value is -1.54. The van der Waals surface area contributed by atoms with Crippen molar-refractivity contribution in [2.45, 2.75) is 30.9 Å². The number of sulfonamides is 1. The number of pyridine rings is 1. The molecule has 2 heterocycles. The van der Waals surface area contributed by atoms with Crippen LogP contribution in [0.2, 0.25) is 0 Å². The smallest absolute Gasteiger partial charge is 0.244 e. The number of fused-ring (bicyclic) bond motifs is 1. The van der Waals surface area contributed by atoms with E-state index in [1.165, 1.54) is 4.31 Å². The predicted molar refractivity (Wildman–Crippen MR) is 86.7 cm³/mol. The lowest BCUT2D eigenvalue weighted by Gasteiger charge is -2.36. The molecule has 1 aromatic heterocycles.